The lowest BCUT2D eigenvalue weighted by atomic mass is 10.1. The molecule has 0 spiro atoms. The van der Waals surface area contributed by atoms with Crippen LogP contribution >= 0.6 is 0 Å². The fourth-order valence-corrected chi connectivity index (χ4v) is 2.00. The number of anilines is 1. The van der Waals surface area contributed by atoms with Crippen LogP contribution in [0.2, 0.25) is 0 Å². The number of aliphatic carboxylic acids is 1. The smallest absolute Gasteiger partial charge is 0.321 e. The predicted octanol–water partition coefficient (Wildman–Crippen LogP) is 2.99. The highest BCUT2D eigenvalue weighted by Gasteiger charge is 2.12. The van der Waals surface area contributed by atoms with Crippen LogP contribution in [0.15, 0.2) is 22.6 Å². The zero-order valence-corrected chi connectivity index (χ0v) is 12.3. The summed E-state index contributed by atoms with van der Waals surface area (Å²) < 4.78 is 5.58. The maximum atomic E-state index is 11.9. The number of carbonyl (C=O) groups excluding carboxylic acids is 1. The zero-order valence-electron chi connectivity index (χ0n) is 12.3. The van der Waals surface area contributed by atoms with Crippen LogP contribution < -0.4 is 5.32 Å². The van der Waals surface area contributed by atoms with Crippen LogP contribution in [0.3, 0.4) is 0 Å². The number of carboxylic acid groups (broad SMARTS) is 1. The summed E-state index contributed by atoms with van der Waals surface area (Å²) in [6.07, 6.45) is -0.0804. The Morgan fingerprint density at radius 1 is 1.33 bits per heavy atom. The largest absolute Gasteiger partial charge is 0.481 e. The van der Waals surface area contributed by atoms with Crippen LogP contribution in [-0.2, 0) is 4.79 Å². The van der Waals surface area contributed by atoms with Crippen molar-refractivity contribution in [3.05, 3.63) is 29.5 Å². The van der Waals surface area contributed by atoms with Gasteiger partial charge < -0.3 is 19.7 Å². The van der Waals surface area contributed by atoms with Crippen molar-refractivity contribution in [1.29, 1.82) is 0 Å². The average molecular weight is 290 g/mol. The standard InChI is InChI=1S/C15H18N2O4/c1-9-10(2)21-13-5-4-11(8-12(9)13)16-15(20)17(3)7-6-14(18)19/h4-5,8H,6-7H2,1-3H3,(H,16,20)(H,18,19). The molecule has 0 fully saturated rings. The van der Waals surface area contributed by atoms with E-state index in [0.717, 1.165) is 22.3 Å². The van der Waals surface area contributed by atoms with Crippen LogP contribution in [0.5, 0.6) is 0 Å². The summed E-state index contributed by atoms with van der Waals surface area (Å²) in [6, 6.07) is 5.08. The first kappa shape index (κ1) is 14.9. The van der Waals surface area contributed by atoms with Crippen LogP contribution in [0.25, 0.3) is 11.0 Å². The van der Waals surface area contributed by atoms with E-state index in [2.05, 4.69) is 5.32 Å². The van der Waals surface area contributed by atoms with Gasteiger partial charge in [0.15, 0.2) is 0 Å². The molecule has 0 atom stereocenters. The van der Waals surface area contributed by atoms with E-state index >= 15 is 0 Å². The molecule has 21 heavy (non-hydrogen) atoms. The lowest BCUT2D eigenvalue weighted by Gasteiger charge is -2.16. The third kappa shape index (κ3) is 3.34. The fourth-order valence-electron chi connectivity index (χ4n) is 2.00. The Kier molecular flexibility index (Phi) is 4.16. The number of benzene rings is 1. The van der Waals surface area contributed by atoms with Gasteiger partial charge in [0.25, 0.3) is 0 Å². The predicted molar refractivity (Wildman–Crippen MR) is 79.6 cm³/mol. The van der Waals surface area contributed by atoms with Crippen molar-refractivity contribution in [3.8, 4) is 0 Å². The van der Waals surface area contributed by atoms with E-state index in [0.29, 0.717) is 5.69 Å². The number of urea groups is 1. The summed E-state index contributed by atoms with van der Waals surface area (Å²) in [5, 5.41) is 12.3. The van der Waals surface area contributed by atoms with Crippen molar-refractivity contribution in [3.63, 3.8) is 0 Å². The van der Waals surface area contributed by atoms with E-state index in [1.807, 2.05) is 26.0 Å². The Morgan fingerprint density at radius 2 is 2.05 bits per heavy atom. The van der Waals surface area contributed by atoms with Crippen molar-refractivity contribution in [2.45, 2.75) is 20.3 Å². The third-order valence-corrected chi connectivity index (χ3v) is 3.43. The molecule has 112 valence electrons. The summed E-state index contributed by atoms with van der Waals surface area (Å²) in [6.45, 7) is 4.02. The van der Waals surface area contributed by atoms with E-state index in [-0.39, 0.29) is 19.0 Å². The molecule has 6 heteroatoms. The molecule has 0 aliphatic carbocycles. The van der Waals surface area contributed by atoms with E-state index in [9.17, 15) is 9.59 Å². The SMILES string of the molecule is Cc1oc2ccc(NC(=O)N(C)CCC(=O)O)cc2c1C. The Labute approximate surface area is 122 Å². The van der Waals surface area contributed by atoms with E-state index < -0.39 is 5.97 Å². The lowest BCUT2D eigenvalue weighted by molar-refractivity contribution is -0.137. The minimum atomic E-state index is -0.930. The van der Waals surface area contributed by atoms with Crippen molar-refractivity contribution in [2.24, 2.45) is 0 Å². The van der Waals surface area contributed by atoms with Gasteiger partial charge in [-0.15, -0.1) is 0 Å². The van der Waals surface area contributed by atoms with Crippen LogP contribution in [-0.4, -0.2) is 35.6 Å². The maximum Gasteiger partial charge on any atom is 0.321 e. The molecule has 0 saturated heterocycles. The summed E-state index contributed by atoms with van der Waals surface area (Å²) in [4.78, 5) is 23.8. The van der Waals surface area contributed by atoms with Gasteiger partial charge >= 0.3 is 12.0 Å². The molecular weight excluding hydrogens is 272 g/mol. The van der Waals surface area contributed by atoms with Gasteiger partial charge in [0.05, 0.1) is 6.42 Å². The first-order valence-corrected chi connectivity index (χ1v) is 6.62. The van der Waals surface area contributed by atoms with Crippen molar-refractivity contribution < 1.29 is 19.1 Å². The van der Waals surface area contributed by atoms with E-state index in [1.54, 1.807) is 13.1 Å². The minimum absolute atomic E-state index is 0.0804. The van der Waals surface area contributed by atoms with Crippen LogP contribution in [0, 0.1) is 13.8 Å². The lowest BCUT2D eigenvalue weighted by Crippen LogP contribution is -2.33. The number of aryl methyl sites for hydroxylation is 2. The summed E-state index contributed by atoms with van der Waals surface area (Å²) in [5.74, 6) is -0.0763. The summed E-state index contributed by atoms with van der Waals surface area (Å²) >= 11 is 0. The normalized spacial score (nSPS) is 10.6. The molecule has 2 amide bonds. The first-order valence-electron chi connectivity index (χ1n) is 6.62. The van der Waals surface area contributed by atoms with Gasteiger partial charge in [0.1, 0.15) is 11.3 Å². The highest BCUT2D eigenvalue weighted by atomic mass is 16.4. The van der Waals surface area contributed by atoms with E-state index in [1.165, 1.54) is 4.90 Å². The topological polar surface area (TPSA) is 82.8 Å². The Balaban J connectivity index is 2.10. The van der Waals surface area contributed by atoms with Gasteiger partial charge in [-0.25, -0.2) is 4.79 Å². The molecule has 0 radical (unpaired) electrons. The molecule has 6 nitrogen and oxygen atoms in total. The van der Waals surface area contributed by atoms with Gasteiger partial charge in [0, 0.05) is 24.7 Å². The number of carboxylic acids is 1. The second-order valence-electron chi connectivity index (χ2n) is 4.99. The molecule has 0 bridgehead atoms. The molecule has 1 heterocycles. The maximum absolute atomic E-state index is 11.9. The Hall–Kier alpha value is -2.50. The molecule has 0 saturated carbocycles. The number of nitrogens with one attached hydrogen (secondary N) is 1. The molecule has 0 aliphatic heterocycles. The highest BCUT2D eigenvalue weighted by Crippen LogP contribution is 2.27. The van der Waals surface area contributed by atoms with Crippen molar-refractivity contribution in [1.82, 2.24) is 4.90 Å². The number of hydrogen-bond donors (Lipinski definition) is 2. The van der Waals surface area contributed by atoms with Gasteiger partial charge in [-0.05, 0) is 37.6 Å². The first-order chi connectivity index (χ1) is 9.88. The van der Waals surface area contributed by atoms with Crippen LogP contribution in [0.4, 0.5) is 10.5 Å². The molecule has 2 rings (SSSR count). The number of nitrogens with zero attached hydrogens (tertiary/aromatic N) is 1. The van der Waals surface area contributed by atoms with Crippen LogP contribution in [0.1, 0.15) is 17.7 Å². The van der Waals surface area contributed by atoms with Gasteiger partial charge in [0.2, 0.25) is 0 Å². The number of furan rings is 1. The molecule has 1 aromatic carbocycles. The highest BCUT2D eigenvalue weighted by molar-refractivity contribution is 5.93. The molecule has 0 aliphatic rings. The number of carbonyl (C=O) groups is 2. The number of hydrogen-bond acceptors (Lipinski definition) is 3. The quantitative estimate of drug-likeness (QED) is 0.906. The van der Waals surface area contributed by atoms with Crippen molar-refractivity contribution >= 4 is 28.7 Å². The number of amides is 2. The molecule has 2 aromatic rings. The second-order valence-corrected chi connectivity index (χ2v) is 4.99. The monoisotopic (exact) mass is 290 g/mol. The number of fused-ring (bicyclic) bond motifs is 1. The Bertz CT molecular complexity index is 690. The molecular formula is C15H18N2O4. The molecule has 1 aromatic heterocycles. The molecule has 0 unspecified atom stereocenters. The molecule has 2 N–H and O–H groups in total. The van der Waals surface area contributed by atoms with Gasteiger partial charge in [-0.1, -0.05) is 0 Å². The average Bonchev–Trinajstić information content (AvgIpc) is 2.71. The van der Waals surface area contributed by atoms with Gasteiger partial charge in [-0.2, -0.15) is 0 Å². The second kappa shape index (κ2) is 5.87. The fraction of sp³-hybridized carbons (Fsp3) is 0.333. The zero-order chi connectivity index (χ0) is 15.6. The minimum Gasteiger partial charge on any atom is -0.481 e. The summed E-state index contributed by atoms with van der Waals surface area (Å²) in [5.41, 5.74) is 2.47. The number of rotatable bonds is 4. The summed E-state index contributed by atoms with van der Waals surface area (Å²) in [7, 11) is 1.56. The van der Waals surface area contributed by atoms with Crippen molar-refractivity contribution in [2.75, 3.05) is 18.9 Å². The van der Waals surface area contributed by atoms with Gasteiger partial charge in [-0.3, -0.25) is 4.79 Å². The van der Waals surface area contributed by atoms with E-state index in [4.69, 9.17) is 9.52 Å². The third-order valence-electron chi connectivity index (χ3n) is 3.43. The Morgan fingerprint density at radius 3 is 2.71 bits per heavy atom.